The molecule has 0 saturated carbocycles. The predicted octanol–water partition coefficient (Wildman–Crippen LogP) is -0.394. The standard InChI is InChI=1S/C16H25ClN4O4S.C2H2O4/c1-20(2)26(23,24)15-11-13(3-4-14(15)17)19-16(22)12-18-5-6-21-7-9-25-10-8-21;3-1(4)2(5)6/h3-4,11,18H,5-10,12H2,1-2H3,(H,19,22);(H,3,4)(H,5,6). The molecule has 1 aliphatic heterocycles. The second-order valence-corrected chi connectivity index (χ2v) is 9.25. The Labute approximate surface area is 191 Å². The number of nitrogens with zero attached hydrogens (tertiary/aromatic N) is 2. The van der Waals surface area contributed by atoms with Gasteiger partial charge in [0, 0.05) is 46.0 Å². The monoisotopic (exact) mass is 494 g/mol. The van der Waals surface area contributed by atoms with Crippen LogP contribution in [0.25, 0.3) is 0 Å². The van der Waals surface area contributed by atoms with Crippen molar-refractivity contribution in [3.05, 3.63) is 23.2 Å². The summed E-state index contributed by atoms with van der Waals surface area (Å²) in [5.74, 6) is -3.90. The van der Waals surface area contributed by atoms with Gasteiger partial charge in [-0.15, -0.1) is 0 Å². The fourth-order valence-electron chi connectivity index (χ4n) is 2.44. The molecule has 0 bridgehead atoms. The van der Waals surface area contributed by atoms with Crippen molar-refractivity contribution in [2.24, 2.45) is 0 Å². The molecule has 1 aromatic carbocycles. The number of nitrogens with one attached hydrogen (secondary N) is 2. The molecule has 32 heavy (non-hydrogen) atoms. The van der Waals surface area contributed by atoms with Crippen molar-refractivity contribution in [1.29, 1.82) is 0 Å². The zero-order valence-electron chi connectivity index (χ0n) is 17.7. The predicted molar refractivity (Wildman–Crippen MR) is 116 cm³/mol. The van der Waals surface area contributed by atoms with E-state index >= 15 is 0 Å². The highest BCUT2D eigenvalue weighted by atomic mass is 35.5. The van der Waals surface area contributed by atoms with Crippen molar-refractivity contribution >= 4 is 45.2 Å². The molecule has 0 aliphatic carbocycles. The lowest BCUT2D eigenvalue weighted by atomic mass is 10.3. The summed E-state index contributed by atoms with van der Waals surface area (Å²) in [5.41, 5.74) is 0.384. The Kier molecular flexibility index (Phi) is 11.5. The summed E-state index contributed by atoms with van der Waals surface area (Å²) in [7, 11) is -0.829. The molecule has 1 heterocycles. The average Bonchev–Trinajstić information content (AvgIpc) is 2.73. The number of aliphatic carboxylic acids is 2. The van der Waals surface area contributed by atoms with Gasteiger partial charge in [0.2, 0.25) is 15.9 Å². The number of rotatable bonds is 8. The largest absolute Gasteiger partial charge is 0.473 e. The summed E-state index contributed by atoms with van der Waals surface area (Å²) in [6.45, 7) is 4.98. The summed E-state index contributed by atoms with van der Waals surface area (Å²) in [4.78, 5) is 32.5. The van der Waals surface area contributed by atoms with Gasteiger partial charge in [0.1, 0.15) is 4.90 Å². The number of ether oxygens (including phenoxy) is 1. The molecule has 12 nitrogen and oxygen atoms in total. The molecular weight excluding hydrogens is 468 g/mol. The molecule has 0 aromatic heterocycles. The molecule has 180 valence electrons. The van der Waals surface area contributed by atoms with Gasteiger partial charge in [-0.25, -0.2) is 22.3 Å². The molecule has 0 radical (unpaired) electrons. The van der Waals surface area contributed by atoms with Gasteiger partial charge in [-0.05, 0) is 18.2 Å². The van der Waals surface area contributed by atoms with Gasteiger partial charge in [0.25, 0.3) is 0 Å². The number of hydrogen-bond acceptors (Lipinski definition) is 8. The Morgan fingerprint density at radius 3 is 2.28 bits per heavy atom. The minimum Gasteiger partial charge on any atom is -0.473 e. The topological polar surface area (TPSA) is 166 Å². The van der Waals surface area contributed by atoms with E-state index in [0.29, 0.717) is 12.2 Å². The van der Waals surface area contributed by atoms with Crippen molar-refractivity contribution < 1.29 is 37.8 Å². The van der Waals surface area contributed by atoms with Crippen LogP contribution in [0.2, 0.25) is 5.02 Å². The molecule has 1 aromatic rings. The Morgan fingerprint density at radius 2 is 1.75 bits per heavy atom. The van der Waals surface area contributed by atoms with Crippen LogP contribution in [0.3, 0.4) is 0 Å². The molecule has 1 saturated heterocycles. The number of hydrogen-bond donors (Lipinski definition) is 4. The average molecular weight is 495 g/mol. The van der Waals surface area contributed by atoms with E-state index in [1.165, 1.54) is 26.2 Å². The smallest absolute Gasteiger partial charge is 0.414 e. The number of anilines is 1. The molecular formula is C18H27ClN4O8S. The maximum atomic E-state index is 12.3. The lowest BCUT2D eigenvalue weighted by Crippen LogP contribution is -2.41. The molecule has 0 spiro atoms. The number of halogens is 1. The van der Waals surface area contributed by atoms with E-state index in [1.807, 2.05) is 0 Å². The van der Waals surface area contributed by atoms with E-state index in [9.17, 15) is 13.2 Å². The first-order valence-electron chi connectivity index (χ1n) is 9.44. The molecule has 1 amide bonds. The third-order valence-electron chi connectivity index (χ3n) is 4.15. The minimum absolute atomic E-state index is 0.0396. The highest BCUT2D eigenvalue weighted by Gasteiger charge is 2.21. The van der Waals surface area contributed by atoms with Gasteiger partial charge in [-0.2, -0.15) is 0 Å². The van der Waals surface area contributed by atoms with Gasteiger partial charge in [0.05, 0.1) is 24.8 Å². The Hall–Kier alpha value is -2.29. The van der Waals surface area contributed by atoms with Crippen molar-refractivity contribution in [2.75, 3.05) is 65.3 Å². The summed E-state index contributed by atoms with van der Waals surface area (Å²) < 4.78 is 30.9. The molecule has 4 N–H and O–H groups in total. The fourth-order valence-corrected chi connectivity index (χ4v) is 3.84. The van der Waals surface area contributed by atoms with Crippen LogP contribution in [0.1, 0.15) is 0 Å². The van der Waals surface area contributed by atoms with Gasteiger partial charge in [0.15, 0.2) is 0 Å². The first-order chi connectivity index (χ1) is 14.9. The number of sulfonamides is 1. The third-order valence-corrected chi connectivity index (χ3v) is 6.45. The number of carboxylic acid groups (broad SMARTS) is 2. The summed E-state index contributed by atoms with van der Waals surface area (Å²) in [6.07, 6.45) is 0. The fraction of sp³-hybridized carbons (Fsp3) is 0.500. The summed E-state index contributed by atoms with van der Waals surface area (Å²) in [6, 6.07) is 4.39. The van der Waals surface area contributed by atoms with E-state index in [-0.39, 0.29) is 22.4 Å². The van der Waals surface area contributed by atoms with E-state index in [4.69, 9.17) is 36.1 Å². The first kappa shape index (κ1) is 27.7. The van der Waals surface area contributed by atoms with E-state index in [1.54, 1.807) is 6.07 Å². The number of benzene rings is 1. The minimum atomic E-state index is -3.68. The van der Waals surface area contributed by atoms with E-state index < -0.39 is 22.0 Å². The lowest BCUT2D eigenvalue weighted by Gasteiger charge is -2.26. The Bertz CT molecular complexity index is 892. The van der Waals surface area contributed by atoms with Gasteiger partial charge >= 0.3 is 11.9 Å². The second kappa shape index (κ2) is 13.3. The second-order valence-electron chi connectivity index (χ2n) is 6.72. The normalized spacial score (nSPS) is 14.4. The maximum absolute atomic E-state index is 12.3. The number of amides is 1. The van der Waals surface area contributed by atoms with Crippen molar-refractivity contribution in [1.82, 2.24) is 14.5 Å². The number of carbonyl (C=O) groups excluding carboxylic acids is 1. The van der Waals surface area contributed by atoms with Crippen LogP contribution in [0, 0.1) is 0 Å². The van der Waals surface area contributed by atoms with Crippen molar-refractivity contribution in [3.63, 3.8) is 0 Å². The SMILES string of the molecule is CN(C)S(=O)(=O)c1cc(NC(=O)CNCCN2CCOCC2)ccc1Cl.O=C(O)C(=O)O. The quantitative estimate of drug-likeness (QED) is 0.276. The molecule has 14 heteroatoms. The van der Waals surface area contributed by atoms with E-state index in [2.05, 4.69) is 15.5 Å². The van der Waals surface area contributed by atoms with Crippen LogP contribution in [-0.4, -0.2) is 106 Å². The number of carbonyl (C=O) groups is 3. The Balaban J connectivity index is 0.000000751. The van der Waals surface area contributed by atoms with Crippen LogP contribution < -0.4 is 10.6 Å². The molecule has 2 rings (SSSR count). The zero-order chi connectivity index (χ0) is 24.3. The van der Waals surface area contributed by atoms with Gasteiger partial charge in [-0.3, -0.25) is 9.69 Å². The van der Waals surface area contributed by atoms with Crippen LogP contribution in [0.15, 0.2) is 23.1 Å². The summed E-state index contributed by atoms with van der Waals surface area (Å²) >= 11 is 5.99. The van der Waals surface area contributed by atoms with Crippen LogP contribution in [0.4, 0.5) is 5.69 Å². The Morgan fingerprint density at radius 1 is 1.16 bits per heavy atom. The third kappa shape index (κ3) is 9.46. The molecule has 1 fully saturated rings. The van der Waals surface area contributed by atoms with Crippen molar-refractivity contribution in [2.45, 2.75) is 4.90 Å². The molecule has 0 atom stereocenters. The zero-order valence-corrected chi connectivity index (χ0v) is 19.3. The van der Waals surface area contributed by atoms with Crippen LogP contribution in [0.5, 0.6) is 0 Å². The molecule has 0 unspecified atom stereocenters. The van der Waals surface area contributed by atoms with E-state index in [0.717, 1.165) is 37.2 Å². The maximum Gasteiger partial charge on any atom is 0.414 e. The van der Waals surface area contributed by atoms with Crippen LogP contribution >= 0.6 is 11.6 Å². The molecule has 1 aliphatic rings. The van der Waals surface area contributed by atoms with Gasteiger partial charge in [-0.1, -0.05) is 11.6 Å². The van der Waals surface area contributed by atoms with Crippen molar-refractivity contribution in [3.8, 4) is 0 Å². The summed E-state index contributed by atoms with van der Waals surface area (Å²) in [5, 5.41) is 20.7. The van der Waals surface area contributed by atoms with Crippen LogP contribution in [-0.2, 0) is 29.1 Å². The first-order valence-corrected chi connectivity index (χ1v) is 11.3. The van der Waals surface area contributed by atoms with Gasteiger partial charge < -0.3 is 25.6 Å². The highest BCUT2D eigenvalue weighted by Crippen LogP contribution is 2.26. The highest BCUT2D eigenvalue weighted by molar-refractivity contribution is 7.89. The number of carboxylic acids is 2. The number of morpholine rings is 1. The lowest BCUT2D eigenvalue weighted by molar-refractivity contribution is -0.159.